The second kappa shape index (κ2) is 8.27. The Morgan fingerprint density at radius 2 is 1.85 bits per heavy atom. The molecule has 5 rings (SSSR count). The van der Waals surface area contributed by atoms with Crippen molar-refractivity contribution in [3.8, 4) is 23.0 Å². The van der Waals surface area contributed by atoms with Crippen molar-refractivity contribution < 1.29 is 9.53 Å². The van der Waals surface area contributed by atoms with Crippen LogP contribution in [0.2, 0.25) is 5.02 Å². The number of ketones is 1. The van der Waals surface area contributed by atoms with Gasteiger partial charge in [-0.2, -0.15) is 10.4 Å². The lowest BCUT2D eigenvalue weighted by Crippen LogP contribution is -2.38. The lowest BCUT2D eigenvalue weighted by atomic mass is 9.68. The highest BCUT2D eigenvalue weighted by Crippen LogP contribution is 2.49. The molecule has 1 N–H and O–H groups in total. The summed E-state index contributed by atoms with van der Waals surface area (Å²) in [6, 6.07) is 19.2. The van der Waals surface area contributed by atoms with E-state index < -0.39 is 11.8 Å². The van der Waals surface area contributed by atoms with Gasteiger partial charge in [0.15, 0.2) is 5.78 Å². The summed E-state index contributed by atoms with van der Waals surface area (Å²) in [5.74, 6) is -1.25. The Morgan fingerprint density at radius 3 is 2.53 bits per heavy atom. The number of benzene rings is 2. The molecule has 0 fully saturated rings. The van der Waals surface area contributed by atoms with Crippen molar-refractivity contribution in [2.75, 3.05) is 0 Å². The number of ether oxygens (including phenoxy) is 1. The minimum atomic E-state index is -0.927. The second-order valence-electron chi connectivity index (χ2n) is 9.55. The van der Waals surface area contributed by atoms with Crippen LogP contribution in [-0.4, -0.2) is 21.5 Å². The number of nitriles is 1. The van der Waals surface area contributed by atoms with E-state index in [0.717, 1.165) is 11.3 Å². The topological polar surface area (TPSA) is 91.8 Å². The van der Waals surface area contributed by atoms with Crippen molar-refractivity contribution in [1.29, 1.82) is 10.7 Å². The number of allylic oxidation sites excluding steroid dienone is 2. The Bertz CT molecular complexity index is 1360. The summed E-state index contributed by atoms with van der Waals surface area (Å²) in [6.07, 6.45) is 2.76. The maximum absolute atomic E-state index is 13.4. The summed E-state index contributed by atoms with van der Waals surface area (Å²) in [7, 11) is 0. The van der Waals surface area contributed by atoms with Crippen molar-refractivity contribution in [3.63, 3.8) is 0 Å². The van der Waals surface area contributed by atoms with E-state index >= 15 is 0 Å². The number of hydrogen-bond donors (Lipinski definition) is 1. The van der Waals surface area contributed by atoms with Crippen LogP contribution >= 0.6 is 11.6 Å². The Balaban J connectivity index is 1.75. The lowest BCUT2D eigenvalue weighted by molar-refractivity contribution is -0.119. The maximum atomic E-state index is 13.4. The first kappa shape index (κ1) is 22.1. The fraction of sp³-hybridized carbons (Fsp3) is 0.259. The highest BCUT2D eigenvalue weighted by atomic mass is 35.5. The molecule has 6 nitrogen and oxygen atoms in total. The smallest absolute Gasteiger partial charge is 0.205 e. The van der Waals surface area contributed by atoms with Crippen LogP contribution in [-0.2, 0) is 9.53 Å². The molecule has 1 aromatic heterocycles. The minimum absolute atomic E-state index is 0.0430. The van der Waals surface area contributed by atoms with Crippen molar-refractivity contribution in [3.05, 3.63) is 82.7 Å². The van der Waals surface area contributed by atoms with E-state index in [1.807, 2.05) is 62.5 Å². The van der Waals surface area contributed by atoms with E-state index in [-0.39, 0.29) is 17.1 Å². The number of aromatic nitrogens is 2. The third-order valence-electron chi connectivity index (χ3n) is 6.39. The molecule has 2 heterocycles. The van der Waals surface area contributed by atoms with Gasteiger partial charge in [-0.25, -0.2) is 4.68 Å². The summed E-state index contributed by atoms with van der Waals surface area (Å²) in [4.78, 5) is 13.4. The third-order valence-corrected chi connectivity index (χ3v) is 6.65. The zero-order valence-corrected chi connectivity index (χ0v) is 19.6. The van der Waals surface area contributed by atoms with Crippen molar-refractivity contribution in [2.45, 2.75) is 32.6 Å². The summed E-state index contributed by atoms with van der Waals surface area (Å²) in [5.41, 5.74) is 3.24. The van der Waals surface area contributed by atoms with Gasteiger partial charge in [0.05, 0.1) is 17.5 Å². The molecule has 3 aromatic rings. The van der Waals surface area contributed by atoms with Crippen molar-refractivity contribution in [1.82, 2.24) is 9.78 Å². The van der Waals surface area contributed by atoms with Crippen LogP contribution in [0.3, 0.4) is 0 Å². The SMILES string of the molecule is CC1(C)CC(=O)C2=C(C1)OC(=N)C(C#N)C2c1cn(-c2ccccc2)nc1-c1ccc(Cl)cc1. The molecule has 0 radical (unpaired) electrons. The van der Waals surface area contributed by atoms with Gasteiger partial charge in [-0.1, -0.05) is 55.8 Å². The number of Topliss-reactive ketones (excluding diaryl/α,β-unsaturated/α-hetero) is 1. The quantitative estimate of drug-likeness (QED) is 0.503. The van der Waals surface area contributed by atoms with E-state index in [9.17, 15) is 10.1 Å². The van der Waals surface area contributed by atoms with Crippen LogP contribution < -0.4 is 0 Å². The van der Waals surface area contributed by atoms with Crippen LogP contribution in [0, 0.1) is 28.1 Å². The number of carbonyl (C=O) groups excluding carboxylic acids is 1. The van der Waals surface area contributed by atoms with Crippen molar-refractivity contribution >= 4 is 23.3 Å². The van der Waals surface area contributed by atoms with Gasteiger partial charge >= 0.3 is 0 Å². The Hall–Kier alpha value is -3.69. The molecule has 0 saturated carbocycles. The molecule has 2 aromatic carbocycles. The molecule has 7 heteroatoms. The molecule has 1 aliphatic heterocycles. The monoisotopic (exact) mass is 470 g/mol. The zero-order chi connectivity index (χ0) is 24.0. The number of para-hydroxylation sites is 1. The predicted molar refractivity (Wildman–Crippen MR) is 130 cm³/mol. The van der Waals surface area contributed by atoms with Gasteiger partial charge in [-0.3, -0.25) is 10.2 Å². The number of hydrogen-bond acceptors (Lipinski definition) is 5. The summed E-state index contributed by atoms with van der Waals surface area (Å²) in [6.45, 7) is 4.03. The second-order valence-corrected chi connectivity index (χ2v) is 9.99. The summed E-state index contributed by atoms with van der Waals surface area (Å²) in [5, 5.41) is 24.0. The van der Waals surface area contributed by atoms with Gasteiger partial charge in [0.25, 0.3) is 0 Å². The van der Waals surface area contributed by atoms with E-state index in [0.29, 0.717) is 40.5 Å². The van der Waals surface area contributed by atoms with Crippen LogP contribution in [0.4, 0.5) is 0 Å². The number of halogens is 1. The van der Waals surface area contributed by atoms with Gasteiger partial charge in [-0.15, -0.1) is 0 Å². The lowest BCUT2D eigenvalue weighted by Gasteiger charge is -2.39. The molecular formula is C27H23ClN4O2. The molecular weight excluding hydrogens is 448 g/mol. The van der Waals surface area contributed by atoms with Crippen LogP contribution in [0.15, 0.2) is 72.1 Å². The molecule has 34 heavy (non-hydrogen) atoms. The Morgan fingerprint density at radius 1 is 1.15 bits per heavy atom. The standard InChI is InChI=1S/C27H23ClN4O2/c1-27(2)12-21(33)24-22(13-27)34-26(30)19(14-29)23(24)20-15-32(18-6-4-3-5-7-18)31-25(20)16-8-10-17(28)11-9-16/h3-11,15,19,23,30H,12-13H2,1-2H3. The number of nitrogens with one attached hydrogen (secondary N) is 1. The maximum Gasteiger partial charge on any atom is 0.205 e. The normalized spacial score (nSPS) is 21.6. The predicted octanol–water partition coefficient (Wildman–Crippen LogP) is 6.07. The summed E-state index contributed by atoms with van der Waals surface area (Å²) < 4.78 is 7.53. The molecule has 0 amide bonds. The van der Waals surface area contributed by atoms with Gasteiger partial charge in [0.1, 0.15) is 11.7 Å². The van der Waals surface area contributed by atoms with Gasteiger partial charge in [-0.05, 0) is 29.7 Å². The average Bonchev–Trinajstić information content (AvgIpc) is 3.23. The molecule has 0 saturated heterocycles. The van der Waals surface area contributed by atoms with Gasteiger partial charge in [0.2, 0.25) is 5.90 Å². The summed E-state index contributed by atoms with van der Waals surface area (Å²) >= 11 is 6.12. The molecule has 0 bridgehead atoms. The Kier molecular flexibility index (Phi) is 5.38. The highest BCUT2D eigenvalue weighted by Gasteiger charge is 2.47. The highest BCUT2D eigenvalue weighted by molar-refractivity contribution is 6.30. The molecule has 1 aliphatic carbocycles. The fourth-order valence-corrected chi connectivity index (χ4v) is 4.98. The van der Waals surface area contributed by atoms with Crippen molar-refractivity contribution in [2.24, 2.45) is 11.3 Å². The number of rotatable bonds is 3. The van der Waals surface area contributed by atoms with E-state index in [2.05, 4.69) is 6.07 Å². The first-order chi connectivity index (χ1) is 16.3. The fourth-order valence-electron chi connectivity index (χ4n) is 4.86. The zero-order valence-electron chi connectivity index (χ0n) is 18.9. The Labute approximate surface area is 202 Å². The molecule has 2 unspecified atom stereocenters. The van der Waals surface area contributed by atoms with E-state index in [1.165, 1.54) is 0 Å². The van der Waals surface area contributed by atoms with Crippen LogP contribution in [0.1, 0.15) is 38.2 Å². The van der Waals surface area contributed by atoms with Crippen LogP contribution in [0.5, 0.6) is 0 Å². The third kappa shape index (κ3) is 3.82. The van der Waals surface area contributed by atoms with Gasteiger partial charge < -0.3 is 4.74 Å². The molecule has 170 valence electrons. The average molecular weight is 471 g/mol. The molecule has 2 aliphatic rings. The largest absolute Gasteiger partial charge is 0.446 e. The first-order valence-electron chi connectivity index (χ1n) is 11.1. The van der Waals surface area contributed by atoms with E-state index in [1.54, 1.807) is 16.8 Å². The number of carbonyl (C=O) groups is 1. The minimum Gasteiger partial charge on any atom is -0.446 e. The number of nitrogens with zero attached hydrogens (tertiary/aromatic N) is 3. The van der Waals surface area contributed by atoms with Gasteiger partial charge in [0, 0.05) is 46.7 Å². The van der Waals surface area contributed by atoms with E-state index in [4.69, 9.17) is 26.8 Å². The molecule has 0 spiro atoms. The molecule has 2 atom stereocenters. The first-order valence-corrected chi connectivity index (χ1v) is 11.5. The van der Waals surface area contributed by atoms with Crippen LogP contribution in [0.25, 0.3) is 16.9 Å².